The highest BCUT2D eigenvalue weighted by Gasteiger charge is 2.49. The summed E-state index contributed by atoms with van der Waals surface area (Å²) < 4.78 is 11.1. The maximum Gasteiger partial charge on any atom is 0.100 e. The van der Waals surface area contributed by atoms with Crippen molar-refractivity contribution in [3.63, 3.8) is 0 Å². The van der Waals surface area contributed by atoms with Gasteiger partial charge in [-0.2, -0.15) is 0 Å². The molecule has 0 aliphatic carbocycles. The smallest absolute Gasteiger partial charge is 0.100 e. The first-order valence-corrected chi connectivity index (χ1v) is 5.58. The summed E-state index contributed by atoms with van der Waals surface area (Å²) >= 11 is 0. The van der Waals surface area contributed by atoms with Crippen LogP contribution in [-0.4, -0.2) is 44.2 Å². The van der Waals surface area contributed by atoms with Crippen LogP contribution in [0.4, 0.5) is 0 Å². The Morgan fingerprint density at radius 2 is 2.27 bits per heavy atom. The molecule has 15 heavy (non-hydrogen) atoms. The van der Waals surface area contributed by atoms with Crippen molar-refractivity contribution in [3.8, 4) is 0 Å². The molecular weight excluding hydrogens is 194 g/mol. The third-order valence-electron chi connectivity index (χ3n) is 3.63. The fourth-order valence-corrected chi connectivity index (χ4v) is 2.24. The number of ether oxygens (including phenoxy) is 2. The van der Waals surface area contributed by atoms with Gasteiger partial charge in [0.15, 0.2) is 0 Å². The molecule has 1 rings (SSSR count). The largest absolute Gasteiger partial charge is 0.396 e. The van der Waals surface area contributed by atoms with E-state index < -0.39 is 11.0 Å². The summed E-state index contributed by atoms with van der Waals surface area (Å²) in [6.45, 7) is 3.65. The second-order valence-corrected chi connectivity index (χ2v) is 4.66. The standard InChI is InChI=1S/C11H23NO3/c1-10(7-12,8-13)11(9-14-2)5-3-4-6-15-11/h13H,3-9,12H2,1-2H3. The van der Waals surface area contributed by atoms with Gasteiger partial charge in [-0.05, 0) is 19.3 Å². The molecule has 0 aromatic rings. The minimum atomic E-state index is -0.413. The third-order valence-corrected chi connectivity index (χ3v) is 3.63. The van der Waals surface area contributed by atoms with Gasteiger partial charge in [0.1, 0.15) is 5.60 Å². The molecule has 1 aliphatic rings. The van der Waals surface area contributed by atoms with Crippen molar-refractivity contribution >= 4 is 0 Å². The van der Waals surface area contributed by atoms with Gasteiger partial charge in [0.05, 0.1) is 13.2 Å². The van der Waals surface area contributed by atoms with Crippen molar-refractivity contribution in [3.05, 3.63) is 0 Å². The fraction of sp³-hybridized carbons (Fsp3) is 1.00. The third kappa shape index (κ3) is 2.33. The molecule has 1 heterocycles. The summed E-state index contributed by atoms with van der Waals surface area (Å²) in [5.74, 6) is 0. The lowest BCUT2D eigenvalue weighted by Crippen LogP contribution is -2.58. The van der Waals surface area contributed by atoms with Gasteiger partial charge in [-0.3, -0.25) is 0 Å². The number of nitrogens with two attached hydrogens (primary N) is 1. The predicted molar refractivity (Wildman–Crippen MR) is 58.7 cm³/mol. The molecule has 2 unspecified atom stereocenters. The Morgan fingerprint density at radius 1 is 1.53 bits per heavy atom. The summed E-state index contributed by atoms with van der Waals surface area (Å²) in [5, 5.41) is 9.51. The average molecular weight is 217 g/mol. The van der Waals surface area contributed by atoms with Gasteiger partial charge in [0.25, 0.3) is 0 Å². The normalized spacial score (nSPS) is 31.2. The number of methoxy groups -OCH3 is 1. The Hall–Kier alpha value is -0.160. The van der Waals surface area contributed by atoms with Gasteiger partial charge < -0.3 is 20.3 Å². The summed E-state index contributed by atoms with van der Waals surface area (Å²) in [4.78, 5) is 0. The van der Waals surface area contributed by atoms with E-state index in [0.717, 1.165) is 25.9 Å². The lowest BCUT2D eigenvalue weighted by molar-refractivity contribution is -0.190. The van der Waals surface area contributed by atoms with Crippen LogP contribution in [0.1, 0.15) is 26.2 Å². The lowest BCUT2D eigenvalue weighted by atomic mass is 9.70. The van der Waals surface area contributed by atoms with Gasteiger partial charge in [-0.1, -0.05) is 6.92 Å². The number of hydrogen-bond acceptors (Lipinski definition) is 4. The van der Waals surface area contributed by atoms with E-state index in [0.29, 0.717) is 13.2 Å². The number of hydrogen-bond donors (Lipinski definition) is 2. The van der Waals surface area contributed by atoms with Crippen LogP contribution in [0.25, 0.3) is 0 Å². The van der Waals surface area contributed by atoms with E-state index in [1.54, 1.807) is 7.11 Å². The summed E-state index contributed by atoms with van der Waals surface area (Å²) in [6.07, 6.45) is 3.10. The van der Waals surface area contributed by atoms with Crippen molar-refractivity contribution in [2.24, 2.45) is 11.1 Å². The molecule has 0 spiro atoms. The lowest BCUT2D eigenvalue weighted by Gasteiger charge is -2.48. The van der Waals surface area contributed by atoms with E-state index in [1.807, 2.05) is 6.92 Å². The van der Waals surface area contributed by atoms with Crippen LogP contribution in [-0.2, 0) is 9.47 Å². The number of rotatable bonds is 5. The van der Waals surface area contributed by atoms with Crippen molar-refractivity contribution in [2.45, 2.75) is 31.8 Å². The Balaban J connectivity index is 2.86. The van der Waals surface area contributed by atoms with Crippen molar-refractivity contribution in [1.29, 1.82) is 0 Å². The first-order valence-electron chi connectivity index (χ1n) is 5.58. The van der Waals surface area contributed by atoms with E-state index in [2.05, 4.69) is 0 Å². The Morgan fingerprint density at radius 3 is 2.67 bits per heavy atom. The molecule has 0 aromatic carbocycles. The van der Waals surface area contributed by atoms with Crippen molar-refractivity contribution in [2.75, 3.05) is 33.5 Å². The van der Waals surface area contributed by atoms with E-state index >= 15 is 0 Å². The molecule has 4 nitrogen and oxygen atoms in total. The van der Waals surface area contributed by atoms with Crippen LogP contribution in [0, 0.1) is 5.41 Å². The van der Waals surface area contributed by atoms with Crippen LogP contribution >= 0.6 is 0 Å². The molecule has 2 atom stereocenters. The van der Waals surface area contributed by atoms with Crippen molar-refractivity contribution in [1.82, 2.24) is 0 Å². The SMILES string of the molecule is COCC1(C(C)(CN)CO)CCCCO1. The Bertz CT molecular complexity index is 181. The zero-order valence-corrected chi connectivity index (χ0v) is 9.79. The van der Waals surface area contributed by atoms with Crippen LogP contribution in [0.15, 0.2) is 0 Å². The zero-order chi connectivity index (χ0) is 11.4. The van der Waals surface area contributed by atoms with Gasteiger partial charge in [-0.15, -0.1) is 0 Å². The molecule has 0 aromatic heterocycles. The molecule has 1 aliphatic heterocycles. The van der Waals surface area contributed by atoms with Crippen LogP contribution in [0.3, 0.4) is 0 Å². The predicted octanol–water partition coefficient (Wildman–Crippen LogP) is 0.529. The van der Waals surface area contributed by atoms with Gasteiger partial charge in [0, 0.05) is 25.7 Å². The second-order valence-electron chi connectivity index (χ2n) is 4.66. The minimum absolute atomic E-state index is 0.0346. The topological polar surface area (TPSA) is 64.7 Å². The molecule has 3 N–H and O–H groups in total. The quantitative estimate of drug-likeness (QED) is 0.705. The van der Waals surface area contributed by atoms with Gasteiger partial charge in [0.2, 0.25) is 0 Å². The van der Waals surface area contributed by atoms with Crippen molar-refractivity contribution < 1.29 is 14.6 Å². The minimum Gasteiger partial charge on any atom is -0.396 e. The molecule has 0 saturated carbocycles. The van der Waals surface area contributed by atoms with E-state index in [-0.39, 0.29) is 6.61 Å². The van der Waals surface area contributed by atoms with Crippen LogP contribution < -0.4 is 5.73 Å². The highest BCUT2D eigenvalue weighted by Crippen LogP contribution is 2.40. The molecule has 4 heteroatoms. The molecule has 1 fully saturated rings. The Labute approximate surface area is 91.7 Å². The van der Waals surface area contributed by atoms with E-state index in [9.17, 15) is 5.11 Å². The zero-order valence-electron chi connectivity index (χ0n) is 9.79. The van der Waals surface area contributed by atoms with Crippen LogP contribution in [0.2, 0.25) is 0 Å². The number of aliphatic hydroxyl groups excluding tert-OH is 1. The molecule has 1 saturated heterocycles. The summed E-state index contributed by atoms with van der Waals surface area (Å²) in [7, 11) is 1.66. The average Bonchev–Trinajstić information content (AvgIpc) is 2.29. The van der Waals surface area contributed by atoms with Gasteiger partial charge >= 0.3 is 0 Å². The maximum atomic E-state index is 9.51. The Kier molecular flexibility index (Phi) is 4.52. The van der Waals surface area contributed by atoms with E-state index in [1.165, 1.54) is 0 Å². The molecule has 0 amide bonds. The van der Waals surface area contributed by atoms with Crippen LogP contribution in [0.5, 0.6) is 0 Å². The second kappa shape index (κ2) is 5.25. The summed E-state index contributed by atoms with van der Waals surface area (Å²) in [5.41, 5.74) is 4.94. The molecule has 0 bridgehead atoms. The highest BCUT2D eigenvalue weighted by molar-refractivity contribution is 4.99. The first-order chi connectivity index (χ1) is 7.14. The monoisotopic (exact) mass is 217 g/mol. The molecule has 90 valence electrons. The van der Waals surface area contributed by atoms with Gasteiger partial charge in [-0.25, -0.2) is 0 Å². The maximum absolute atomic E-state index is 9.51. The molecular formula is C11H23NO3. The summed E-state index contributed by atoms with van der Waals surface area (Å²) in [6, 6.07) is 0. The first kappa shape index (κ1) is 12.9. The highest BCUT2D eigenvalue weighted by atomic mass is 16.5. The fourth-order valence-electron chi connectivity index (χ4n) is 2.24. The molecule has 0 radical (unpaired) electrons. The number of aliphatic hydroxyl groups is 1. The van der Waals surface area contributed by atoms with E-state index in [4.69, 9.17) is 15.2 Å².